The number of carbonyl (C=O) groups excluding carboxylic acids is 2. The van der Waals surface area contributed by atoms with Crippen molar-refractivity contribution in [3.8, 4) is 0 Å². The molecule has 0 fully saturated rings. The van der Waals surface area contributed by atoms with Gasteiger partial charge in [-0.05, 0) is 35.2 Å². The van der Waals surface area contributed by atoms with E-state index in [2.05, 4.69) is 30.2 Å². The number of H-pyrrole nitrogens is 1. The van der Waals surface area contributed by atoms with Crippen molar-refractivity contribution in [3.63, 3.8) is 0 Å². The van der Waals surface area contributed by atoms with Crippen molar-refractivity contribution < 1.29 is 9.59 Å². The maximum Gasteiger partial charge on any atom is 0.231 e. The number of fused-ring (bicyclic) bond motifs is 1. The minimum Gasteiger partial charge on any atom is -0.368 e. The SMILES string of the molecule is CC(C)(C)c1c[nH]c2nc(N)nc(C(=O)c3ccc(NC(=O)Cc4ccc(Cl)cn4)nc3)c12. The molecule has 4 heterocycles. The average Bonchev–Trinajstić information content (AvgIpc) is 3.19. The van der Waals surface area contributed by atoms with E-state index in [-0.39, 0.29) is 35.2 Å². The highest BCUT2D eigenvalue weighted by Crippen LogP contribution is 2.32. The Bertz CT molecular complexity index is 1340. The molecule has 0 unspecified atom stereocenters. The lowest BCUT2D eigenvalue weighted by Crippen LogP contribution is -2.16. The highest BCUT2D eigenvalue weighted by molar-refractivity contribution is 6.30. The van der Waals surface area contributed by atoms with Crippen LogP contribution in [0.1, 0.15) is 48.1 Å². The zero-order valence-corrected chi connectivity index (χ0v) is 19.1. The number of nitrogen functional groups attached to an aromatic ring is 1. The average molecular weight is 464 g/mol. The molecular weight excluding hydrogens is 442 g/mol. The van der Waals surface area contributed by atoms with Crippen LogP contribution in [0.2, 0.25) is 5.02 Å². The summed E-state index contributed by atoms with van der Waals surface area (Å²) < 4.78 is 0. The molecular formula is C23H22ClN7O2. The molecule has 4 rings (SSSR count). The molecule has 0 aliphatic carbocycles. The van der Waals surface area contributed by atoms with Crippen LogP contribution < -0.4 is 11.1 Å². The molecule has 4 aromatic rings. The van der Waals surface area contributed by atoms with E-state index >= 15 is 0 Å². The Morgan fingerprint density at radius 3 is 2.52 bits per heavy atom. The highest BCUT2D eigenvalue weighted by atomic mass is 35.5. The summed E-state index contributed by atoms with van der Waals surface area (Å²) in [5.74, 6) is -0.311. The van der Waals surface area contributed by atoms with Crippen LogP contribution in [0.4, 0.5) is 11.8 Å². The fraction of sp³-hybridized carbons (Fsp3) is 0.217. The first kappa shape index (κ1) is 22.3. The smallest absolute Gasteiger partial charge is 0.231 e. The predicted octanol–water partition coefficient (Wildman–Crippen LogP) is 3.69. The standard InChI is InChI=1S/C23H22ClN7O2/c1-23(2,3)15-11-28-21-18(15)19(30-22(25)31-21)20(33)12-4-7-16(27-9-12)29-17(32)8-14-6-5-13(24)10-26-14/h4-7,9-11H,8H2,1-3H3,(H,27,29,32)(H3,25,28,30,31). The second-order valence-electron chi connectivity index (χ2n) is 8.56. The van der Waals surface area contributed by atoms with E-state index in [1.165, 1.54) is 12.4 Å². The summed E-state index contributed by atoms with van der Waals surface area (Å²) in [6, 6.07) is 6.49. The Kier molecular flexibility index (Phi) is 5.82. The van der Waals surface area contributed by atoms with Gasteiger partial charge in [0.15, 0.2) is 0 Å². The number of rotatable bonds is 5. The molecule has 0 radical (unpaired) electrons. The Hall–Kier alpha value is -3.85. The van der Waals surface area contributed by atoms with Crippen LogP contribution in [-0.2, 0) is 16.6 Å². The summed E-state index contributed by atoms with van der Waals surface area (Å²) in [7, 11) is 0. The van der Waals surface area contributed by atoms with Gasteiger partial charge >= 0.3 is 0 Å². The van der Waals surface area contributed by atoms with E-state index in [1.807, 2.05) is 27.0 Å². The molecule has 0 saturated heterocycles. The Morgan fingerprint density at radius 2 is 1.88 bits per heavy atom. The Labute approximate surface area is 194 Å². The summed E-state index contributed by atoms with van der Waals surface area (Å²) in [6.07, 6.45) is 4.77. The summed E-state index contributed by atoms with van der Waals surface area (Å²) in [5, 5.41) is 3.82. The number of nitrogens with two attached hydrogens (primary N) is 1. The summed E-state index contributed by atoms with van der Waals surface area (Å²) >= 11 is 5.81. The van der Waals surface area contributed by atoms with Gasteiger partial charge in [0.1, 0.15) is 17.2 Å². The van der Waals surface area contributed by atoms with Gasteiger partial charge in [-0.15, -0.1) is 0 Å². The van der Waals surface area contributed by atoms with Crippen LogP contribution in [-0.4, -0.2) is 36.6 Å². The molecule has 0 atom stereocenters. The second kappa shape index (κ2) is 8.59. The molecule has 0 aliphatic heterocycles. The van der Waals surface area contributed by atoms with Gasteiger partial charge < -0.3 is 16.0 Å². The van der Waals surface area contributed by atoms with Crippen molar-refractivity contribution in [2.45, 2.75) is 32.6 Å². The summed E-state index contributed by atoms with van der Waals surface area (Å²) in [4.78, 5) is 45.4. The van der Waals surface area contributed by atoms with Crippen LogP contribution in [0.15, 0.2) is 42.9 Å². The van der Waals surface area contributed by atoms with E-state index in [1.54, 1.807) is 24.3 Å². The van der Waals surface area contributed by atoms with E-state index < -0.39 is 0 Å². The topological polar surface area (TPSA) is 140 Å². The fourth-order valence-corrected chi connectivity index (χ4v) is 3.52. The number of halogens is 1. The van der Waals surface area contributed by atoms with E-state index in [0.717, 1.165) is 5.56 Å². The number of aromatic amines is 1. The lowest BCUT2D eigenvalue weighted by atomic mass is 9.86. The second-order valence-corrected chi connectivity index (χ2v) is 9.00. The molecule has 1 amide bonds. The third kappa shape index (κ3) is 4.83. The van der Waals surface area contributed by atoms with Crippen molar-refractivity contribution in [3.05, 3.63) is 70.4 Å². The molecule has 168 valence electrons. The van der Waals surface area contributed by atoms with Gasteiger partial charge in [0.05, 0.1) is 16.8 Å². The molecule has 33 heavy (non-hydrogen) atoms. The molecule has 0 saturated carbocycles. The largest absolute Gasteiger partial charge is 0.368 e. The number of carbonyl (C=O) groups is 2. The molecule has 0 aromatic carbocycles. The van der Waals surface area contributed by atoms with E-state index in [4.69, 9.17) is 17.3 Å². The van der Waals surface area contributed by atoms with Crippen molar-refractivity contribution in [2.75, 3.05) is 11.1 Å². The number of anilines is 2. The minimum absolute atomic E-state index is 0.000751. The minimum atomic E-state index is -0.338. The van der Waals surface area contributed by atoms with Gasteiger partial charge in [0, 0.05) is 29.8 Å². The lowest BCUT2D eigenvalue weighted by molar-refractivity contribution is -0.115. The predicted molar refractivity (Wildman–Crippen MR) is 126 cm³/mol. The van der Waals surface area contributed by atoms with Crippen LogP contribution >= 0.6 is 11.6 Å². The zero-order valence-electron chi connectivity index (χ0n) is 18.3. The maximum absolute atomic E-state index is 13.3. The normalized spacial score (nSPS) is 11.5. The van der Waals surface area contributed by atoms with Gasteiger partial charge in [-0.2, -0.15) is 4.98 Å². The first-order valence-corrected chi connectivity index (χ1v) is 10.6. The van der Waals surface area contributed by atoms with Gasteiger partial charge in [-0.1, -0.05) is 32.4 Å². The summed E-state index contributed by atoms with van der Waals surface area (Å²) in [6.45, 7) is 6.12. The Balaban J connectivity index is 1.56. The third-order valence-corrected chi connectivity index (χ3v) is 5.22. The van der Waals surface area contributed by atoms with Crippen LogP contribution in [0, 0.1) is 0 Å². The number of ketones is 1. The monoisotopic (exact) mass is 463 g/mol. The number of amides is 1. The molecule has 0 bridgehead atoms. The lowest BCUT2D eigenvalue weighted by Gasteiger charge is -2.18. The van der Waals surface area contributed by atoms with Crippen LogP contribution in [0.25, 0.3) is 11.0 Å². The molecule has 0 aliphatic rings. The molecule has 4 aromatic heterocycles. The first-order chi connectivity index (χ1) is 15.6. The fourth-order valence-electron chi connectivity index (χ4n) is 3.41. The molecule has 9 nitrogen and oxygen atoms in total. The molecule has 4 N–H and O–H groups in total. The van der Waals surface area contributed by atoms with Gasteiger partial charge in [0.25, 0.3) is 0 Å². The van der Waals surface area contributed by atoms with E-state index in [9.17, 15) is 9.59 Å². The summed E-state index contributed by atoms with van der Waals surface area (Å²) in [5.41, 5.74) is 8.11. The molecule has 10 heteroatoms. The maximum atomic E-state index is 13.3. The van der Waals surface area contributed by atoms with Crippen molar-refractivity contribution in [2.24, 2.45) is 0 Å². The van der Waals surface area contributed by atoms with Crippen molar-refractivity contribution in [1.82, 2.24) is 24.9 Å². The zero-order chi connectivity index (χ0) is 23.8. The van der Waals surface area contributed by atoms with Crippen molar-refractivity contribution in [1.29, 1.82) is 0 Å². The van der Waals surface area contributed by atoms with Crippen LogP contribution in [0.3, 0.4) is 0 Å². The van der Waals surface area contributed by atoms with Gasteiger partial charge in [0.2, 0.25) is 17.6 Å². The Morgan fingerprint density at radius 1 is 1.09 bits per heavy atom. The number of aromatic nitrogens is 5. The van der Waals surface area contributed by atoms with Crippen LogP contribution in [0.5, 0.6) is 0 Å². The quantitative estimate of drug-likeness (QED) is 0.383. The first-order valence-electron chi connectivity index (χ1n) is 10.2. The van der Waals surface area contributed by atoms with Crippen molar-refractivity contribution >= 4 is 46.1 Å². The number of pyridine rings is 2. The van der Waals surface area contributed by atoms with Gasteiger partial charge in [-0.3, -0.25) is 14.6 Å². The third-order valence-electron chi connectivity index (χ3n) is 5.00. The number of hydrogen-bond donors (Lipinski definition) is 3. The van der Waals surface area contributed by atoms with E-state index in [0.29, 0.717) is 33.1 Å². The van der Waals surface area contributed by atoms with Gasteiger partial charge in [-0.25, -0.2) is 9.97 Å². The number of nitrogens with zero attached hydrogens (tertiary/aromatic N) is 4. The number of hydrogen-bond acceptors (Lipinski definition) is 7. The highest BCUT2D eigenvalue weighted by Gasteiger charge is 2.25. The molecule has 0 spiro atoms. The number of nitrogens with one attached hydrogen (secondary N) is 2.